The van der Waals surface area contributed by atoms with E-state index in [4.69, 9.17) is 5.11 Å². The summed E-state index contributed by atoms with van der Waals surface area (Å²) < 4.78 is 0. The van der Waals surface area contributed by atoms with Crippen LogP contribution in [0.15, 0.2) is 47.4 Å². The molecular weight excluding hydrogens is 180 g/mol. The minimum atomic E-state index is 0.125. The minimum Gasteiger partial charge on any atom is -0.392 e. The summed E-state index contributed by atoms with van der Waals surface area (Å²) >= 11 is 1.79. The zero-order valence-corrected chi connectivity index (χ0v) is 8.50. The molecule has 0 fully saturated rings. The SMILES string of the molecule is CC(/C=C/CO)Sc1ccccc1. The highest BCUT2D eigenvalue weighted by molar-refractivity contribution is 8.00. The Kier molecular flexibility index (Phi) is 4.65. The maximum atomic E-state index is 8.59. The van der Waals surface area contributed by atoms with Crippen molar-refractivity contribution in [3.8, 4) is 0 Å². The molecule has 0 heterocycles. The van der Waals surface area contributed by atoms with Crippen LogP contribution < -0.4 is 0 Å². The predicted octanol–water partition coefficient (Wildman–Crippen LogP) is 2.72. The highest BCUT2D eigenvalue weighted by Gasteiger charge is 1.98. The molecule has 70 valence electrons. The molecule has 0 bridgehead atoms. The number of hydrogen-bond acceptors (Lipinski definition) is 2. The molecule has 1 aromatic carbocycles. The minimum absolute atomic E-state index is 0.125. The van der Waals surface area contributed by atoms with Gasteiger partial charge in [0.15, 0.2) is 0 Å². The number of rotatable bonds is 4. The van der Waals surface area contributed by atoms with E-state index >= 15 is 0 Å². The molecule has 2 heteroatoms. The maximum absolute atomic E-state index is 8.59. The molecule has 0 saturated carbocycles. The largest absolute Gasteiger partial charge is 0.392 e. The van der Waals surface area contributed by atoms with Gasteiger partial charge in [-0.3, -0.25) is 0 Å². The average molecular weight is 194 g/mol. The van der Waals surface area contributed by atoms with Crippen molar-refractivity contribution in [3.05, 3.63) is 42.5 Å². The summed E-state index contributed by atoms with van der Waals surface area (Å²) in [5.74, 6) is 0. The van der Waals surface area contributed by atoms with Crippen molar-refractivity contribution >= 4 is 11.8 Å². The van der Waals surface area contributed by atoms with Gasteiger partial charge in [-0.15, -0.1) is 11.8 Å². The summed E-state index contributed by atoms with van der Waals surface area (Å²) in [6, 6.07) is 10.3. The molecule has 0 aliphatic carbocycles. The summed E-state index contributed by atoms with van der Waals surface area (Å²) in [5, 5.41) is 9.00. The highest BCUT2D eigenvalue weighted by Crippen LogP contribution is 2.22. The van der Waals surface area contributed by atoms with Crippen molar-refractivity contribution in [3.63, 3.8) is 0 Å². The lowest BCUT2D eigenvalue weighted by Gasteiger charge is -2.04. The van der Waals surface area contributed by atoms with Crippen molar-refractivity contribution in [1.82, 2.24) is 0 Å². The number of hydrogen-bond donors (Lipinski definition) is 1. The van der Waals surface area contributed by atoms with Gasteiger partial charge in [-0.2, -0.15) is 0 Å². The molecule has 1 atom stereocenters. The third kappa shape index (κ3) is 4.15. The molecule has 1 aromatic rings. The van der Waals surface area contributed by atoms with Crippen LogP contribution in [0.5, 0.6) is 0 Å². The van der Waals surface area contributed by atoms with Gasteiger partial charge < -0.3 is 5.11 Å². The van der Waals surface area contributed by atoms with Crippen molar-refractivity contribution in [1.29, 1.82) is 0 Å². The number of aliphatic hydroxyl groups is 1. The average Bonchev–Trinajstić information content (AvgIpc) is 2.16. The van der Waals surface area contributed by atoms with Crippen LogP contribution in [0.25, 0.3) is 0 Å². The van der Waals surface area contributed by atoms with E-state index in [1.807, 2.05) is 24.3 Å². The zero-order chi connectivity index (χ0) is 9.52. The molecule has 0 saturated heterocycles. The van der Waals surface area contributed by atoms with Gasteiger partial charge in [0.2, 0.25) is 0 Å². The summed E-state index contributed by atoms with van der Waals surface area (Å²) in [6.45, 7) is 2.24. The van der Waals surface area contributed by atoms with Crippen LogP contribution in [-0.4, -0.2) is 17.0 Å². The van der Waals surface area contributed by atoms with Crippen molar-refractivity contribution in [2.45, 2.75) is 17.1 Å². The van der Waals surface area contributed by atoms with Crippen LogP contribution in [0.3, 0.4) is 0 Å². The van der Waals surface area contributed by atoms with E-state index in [1.54, 1.807) is 17.8 Å². The normalized spacial score (nSPS) is 13.4. The standard InChI is InChI=1S/C11H14OS/c1-10(6-5-9-12)13-11-7-3-2-4-8-11/h2-8,10,12H,9H2,1H3/b6-5+. The fourth-order valence-corrected chi connectivity index (χ4v) is 1.94. The first-order chi connectivity index (χ1) is 6.33. The van der Waals surface area contributed by atoms with Crippen molar-refractivity contribution < 1.29 is 5.11 Å². The van der Waals surface area contributed by atoms with Crippen molar-refractivity contribution in [2.24, 2.45) is 0 Å². The second-order valence-corrected chi connectivity index (χ2v) is 4.20. The van der Waals surface area contributed by atoms with E-state index in [1.165, 1.54) is 4.90 Å². The Bertz CT molecular complexity index is 256. The van der Waals surface area contributed by atoms with Gasteiger partial charge in [0.1, 0.15) is 0 Å². The maximum Gasteiger partial charge on any atom is 0.0612 e. The Morgan fingerprint density at radius 2 is 2.08 bits per heavy atom. The molecule has 0 spiro atoms. The van der Waals surface area contributed by atoms with Crippen LogP contribution >= 0.6 is 11.8 Å². The van der Waals surface area contributed by atoms with Gasteiger partial charge in [0.05, 0.1) is 6.61 Å². The first-order valence-corrected chi connectivity index (χ1v) is 5.20. The molecule has 0 amide bonds. The van der Waals surface area contributed by atoms with E-state index in [0.717, 1.165) is 0 Å². The van der Waals surface area contributed by atoms with E-state index in [-0.39, 0.29) is 6.61 Å². The van der Waals surface area contributed by atoms with E-state index in [0.29, 0.717) is 5.25 Å². The molecule has 1 N–H and O–H groups in total. The van der Waals surface area contributed by atoms with Crippen LogP contribution in [0.2, 0.25) is 0 Å². The molecule has 1 unspecified atom stereocenters. The van der Waals surface area contributed by atoms with Crippen LogP contribution in [0, 0.1) is 0 Å². The first-order valence-electron chi connectivity index (χ1n) is 4.32. The fraction of sp³-hybridized carbons (Fsp3) is 0.273. The van der Waals surface area contributed by atoms with Gasteiger partial charge >= 0.3 is 0 Å². The van der Waals surface area contributed by atoms with Gasteiger partial charge in [-0.1, -0.05) is 30.4 Å². The van der Waals surface area contributed by atoms with Gasteiger partial charge in [-0.05, 0) is 19.1 Å². The molecule has 0 aliphatic rings. The molecule has 1 rings (SSSR count). The molecule has 1 nitrogen and oxygen atoms in total. The van der Waals surface area contributed by atoms with E-state index in [9.17, 15) is 0 Å². The van der Waals surface area contributed by atoms with Crippen LogP contribution in [-0.2, 0) is 0 Å². The van der Waals surface area contributed by atoms with Crippen LogP contribution in [0.1, 0.15) is 6.92 Å². The Morgan fingerprint density at radius 1 is 1.38 bits per heavy atom. The fourth-order valence-electron chi connectivity index (χ4n) is 1.01. The number of aliphatic hydroxyl groups excluding tert-OH is 1. The number of thioether (sulfide) groups is 1. The predicted molar refractivity (Wildman–Crippen MR) is 58.0 cm³/mol. The quantitative estimate of drug-likeness (QED) is 0.587. The lowest BCUT2D eigenvalue weighted by atomic mass is 10.4. The van der Waals surface area contributed by atoms with Gasteiger partial charge in [-0.25, -0.2) is 0 Å². The molecule has 0 aromatic heterocycles. The molecule has 13 heavy (non-hydrogen) atoms. The third-order valence-electron chi connectivity index (χ3n) is 1.58. The monoisotopic (exact) mass is 194 g/mol. The molecular formula is C11H14OS. The summed E-state index contributed by atoms with van der Waals surface area (Å²) in [6.07, 6.45) is 3.79. The second-order valence-electron chi connectivity index (χ2n) is 2.75. The van der Waals surface area contributed by atoms with Crippen molar-refractivity contribution in [2.75, 3.05) is 6.61 Å². The molecule has 0 radical (unpaired) electrons. The van der Waals surface area contributed by atoms with Gasteiger partial charge in [0.25, 0.3) is 0 Å². The number of benzene rings is 1. The van der Waals surface area contributed by atoms with Gasteiger partial charge in [0, 0.05) is 10.1 Å². The highest BCUT2D eigenvalue weighted by atomic mass is 32.2. The van der Waals surface area contributed by atoms with Crippen LogP contribution in [0.4, 0.5) is 0 Å². The molecule has 0 aliphatic heterocycles. The smallest absolute Gasteiger partial charge is 0.0612 e. The second kappa shape index (κ2) is 5.84. The Labute approximate surface area is 83.5 Å². The summed E-state index contributed by atoms with van der Waals surface area (Å²) in [5.41, 5.74) is 0. The Hall–Kier alpha value is -0.730. The lowest BCUT2D eigenvalue weighted by molar-refractivity contribution is 0.342. The third-order valence-corrected chi connectivity index (χ3v) is 2.65. The lowest BCUT2D eigenvalue weighted by Crippen LogP contribution is -1.89. The summed E-state index contributed by atoms with van der Waals surface area (Å²) in [7, 11) is 0. The topological polar surface area (TPSA) is 20.2 Å². The zero-order valence-electron chi connectivity index (χ0n) is 7.68. The first kappa shape index (κ1) is 10.4. The Balaban J connectivity index is 2.45. The summed E-state index contributed by atoms with van der Waals surface area (Å²) in [4.78, 5) is 1.26. The Morgan fingerprint density at radius 3 is 2.69 bits per heavy atom. The van der Waals surface area contributed by atoms with E-state index < -0.39 is 0 Å². The van der Waals surface area contributed by atoms with E-state index in [2.05, 4.69) is 19.1 Å².